The predicted molar refractivity (Wildman–Crippen MR) is 80.2 cm³/mol. The molecule has 0 radical (unpaired) electrons. The molecule has 1 rings (SSSR count). The minimum absolute atomic E-state index is 0.0731. The molecule has 0 atom stereocenters. The second-order valence-corrected chi connectivity index (χ2v) is 4.31. The first-order valence-electron chi connectivity index (χ1n) is 7.00. The standard InChI is InChI=1S/C15H22N2O4/c1-4-17(10-14(18)21-6-3)15(19)11-7-8-13(20-5-2)12(16)9-11/h7-9H,4-6,10,16H2,1-3H3. The van der Waals surface area contributed by atoms with Gasteiger partial charge in [0.25, 0.3) is 5.91 Å². The number of benzene rings is 1. The highest BCUT2D eigenvalue weighted by Gasteiger charge is 2.18. The molecule has 116 valence electrons. The van der Waals surface area contributed by atoms with E-state index in [9.17, 15) is 9.59 Å². The fraction of sp³-hybridized carbons (Fsp3) is 0.467. The lowest BCUT2D eigenvalue weighted by Crippen LogP contribution is -2.36. The van der Waals surface area contributed by atoms with Gasteiger partial charge in [-0.25, -0.2) is 0 Å². The Morgan fingerprint density at radius 2 is 1.90 bits per heavy atom. The van der Waals surface area contributed by atoms with Crippen LogP contribution >= 0.6 is 0 Å². The van der Waals surface area contributed by atoms with Gasteiger partial charge in [0.15, 0.2) is 0 Å². The van der Waals surface area contributed by atoms with Crippen molar-refractivity contribution in [3.8, 4) is 5.75 Å². The number of rotatable bonds is 7. The van der Waals surface area contributed by atoms with E-state index in [1.807, 2.05) is 6.92 Å². The van der Waals surface area contributed by atoms with Gasteiger partial charge in [0, 0.05) is 12.1 Å². The second-order valence-electron chi connectivity index (χ2n) is 4.31. The Bertz CT molecular complexity index is 502. The van der Waals surface area contributed by atoms with Crippen LogP contribution in [0.5, 0.6) is 5.75 Å². The van der Waals surface area contributed by atoms with Crippen molar-refractivity contribution in [3.05, 3.63) is 23.8 Å². The van der Waals surface area contributed by atoms with Crippen molar-refractivity contribution in [1.29, 1.82) is 0 Å². The molecule has 0 aliphatic carbocycles. The normalized spacial score (nSPS) is 10.0. The average Bonchev–Trinajstić information content (AvgIpc) is 2.46. The first-order chi connectivity index (χ1) is 10.0. The number of nitrogen functional groups attached to an aromatic ring is 1. The summed E-state index contributed by atoms with van der Waals surface area (Å²) in [5, 5.41) is 0. The fourth-order valence-corrected chi connectivity index (χ4v) is 1.84. The summed E-state index contributed by atoms with van der Waals surface area (Å²) in [6.45, 7) is 6.51. The van der Waals surface area contributed by atoms with E-state index < -0.39 is 5.97 Å². The van der Waals surface area contributed by atoms with Crippen LogP contribution < -0.4 is 10.5 Å². The van der Waals surface area contributed by atoms with Gasteiger partial charge < -0.3 is 20.1 Å². The highest BCUT2D eigenvalue weighted by atomic mass is 16.5. The van der Waals surface area contributed by atoms with E-state index in [1.165, 1.54) is 4.90 Å². The summed E-state index contributed by atoms with van der Waals surface area (Å²) in [6.07, 6.45) is 0. The van der Waals surface area contributed by atoms with E-state index in [0.717, 1.165) is 0 Å². The van der Waals surface area contributed by atoms with Crippen molar-refractivity contribution in [1.82, 2.24) is 4.90 Å². The maximum absolute atomic E-state index is 12.4. The highest BCUT2D eigenvalue weighted by molar-refractivity contribution is 5.97. The third-order valence-corrected chi connectivity index (χ3v) is 2.85. The lowest BCUT2D eigenvalue weighted by atomic mass is 10.1. The molecule has 0 aromatic heterocycles. The van der Waals surface area contributed by atoms with Gasteiger partial charge >= 0.3 is 5.97 Å². The first kappa shape index (κ1) is 16.8. The molecule has 0 unspecified atom stereocenters. The number of ether oxygens (including phenoxy) is 2. The topological polar surface area (TPSA) is 81.9 Å². The molecule has 0 fully saturated rings. The average molecular weight is 294 g/mol. The van der Waals surface area contributed by atoms with Gasteiger partial charge in [-0.05, 0) is 39.0 Å². The summed E-state index contributed by atoms with van der Waals surface area (Å²) >= 11 is 0. The third-order valence-electron chi connectivity index (χ3n) is 2.85. The molecule has 6 heteroatoms. The van der Waals surface area contributed by atoms with Gasteiger partial charge in [0.05, 0.1) is 18.9 Å². The lowest BCUT2D eigenvalue weighted by molar-refractivity contribution is -0.143. The number of likely N-dealkylation sites (N-methyl/N-ethyl adjacent to an activating group) is 1. The number of esters is 1. The Morgan fingerprint density at radius 1 is 1.19 bits per heavy atom. The summed E-state index contributed by atoms with van der Waals surface area (Å²) in [7, 11) is 0. The zero-order valence-corrected chi connectivity index (χ0v) is 12.7. The zero-order valence-electron chi connectivity index (χ0n) is 12.7. The second kappa shape index (κ2) is 8.14. The van der Waals surface area contributed by atoms with Crippen LogP contribution in [0.1, 0.15) is 31.1 Å². The molecule has 2 N–H and O–H groups in total. The van der Waals surface area contributed by atoms with E-state index in [0.29, 0.717) is 36.8 Å². The molecular weight excluding hydrogens is 272 g/mol. The number of hydrogen-bond donors (Lipinski definition) is 1. The maximum atomic E-state index is 12.4. The van der Waals surface area contributed by atoms with Crippen LogP contribution in [0.4, 0.5) is 5.69 Å². The fourth-order valence-electron chi connectivity index (χ4n) is 1.84. The SMILES string of the molecule is CCOC(=O)CN(CC)C(=O)c1ccc(OCC)c(N)c1. The van der Waals surface area contributed by atoms with E-state index in [4.69, 9.17) is 15.2 Å². The molecule has 0 aliphatic rings. The van der Waals surface area contributed by atoms with Crippen LogP contribution in [0.15, 0.2) is 18.2 Å². The van der Waals surface area contributed by atoms with Gasteiger partial charge in [0.2, 0.25) is 0 Å². The molecule has 21 heavy (non-hydrogen) atoms. The molecule has 1 aromatic carbocycles. The molecule has 0 saturated heterocycles. The van der Waals surface area contributed by atoms with Crippen molar-refractivity contribution in [2.75, 3.05) is 32.0 Å². The van der Waals surface area contributed by atoms with Crippen LogP contribution in [0, 0.1) is 0 Å². The molecule has 0 saturated carbocycles. The van der Waals surface area contributed by atoms with Crippen molar-refractivity contribution in [3.63, 3.8) is 0 Å². The summed E-state index contributed by atoms with van der Waals surface area (Å²) in [6, 6.07) is 4.85. The molecule has 1 aromatic rings. The third kappa shape index (κ3) is 4.66. The summed E-state index contributed by atoms with van der Waals surface area (Å²) in [5.74, 6) is -0.144. The lowest BCUT2D eigenvalue weighted by Gasteiger charge is -2.20. The Labute approximate surface area is 124 Å². The van der Waals surface area contributed by atoms with Gasteiger partial charge in [-0.2, -0.15) is 0 Å². The van der Waals surface area contributed by atoms with Crippen LogP contribution in [-0.4, -0.2) is 43.1 Å². The molecular formula is C15H22N2O4. The minimum Gasteiger partial charge on any atom is -0.492 e. The molecule has 0 bridgehead atoms. The van der Waals surface area contributed by atoms with E-state index >= 15 is 0 Å². The number of carbonyl (C=O) groups is 2. The van der Waals surface area contributed by atoms with Gasteiger partial charge in [-0.15, -0.1) is 0 Å². The number of hydrogen-bond acceptors (Lipinski definition) is 5. The van der Waals surface area contributed by atoms with Crippen LogP contribution in [0.25, 0.3) is 0 Å². The quantitative estimate of drug-likeness (QED) is 0.611. The number of nitrogens with two attached hydrogens (primary N) is 1. The van der Waals surface area contributed by atoms with E-state index in [2.05, 4.69) is 0 Å². The summed E-state index contributed by atoms with van der Waals surface area (Å²) in [4.78, 5) is 25.3. The Morgan fingerprint density at radius 3 is 2.43 bits per heavy atom. The largest absolute Gasteiger partial charge is 0.492 e. The van der Waals surface area contributed by atoms with Gasteiger partial charge in [-0.3, -0.25) is 9.59 Å². The van der Waals surface area contributed by atoms with Crippen LogP contribution in [0.2, 0.25) is 0 Å². The van der Waals surface area contributed by atoms with Crippen molar-refractivity contribution in [2.45, 2.75) is 20.8 Å². The first-order valence-corrected chi connectivity index (χ1v) is 7.00. The van der Waals surface area contributed by atoms with E-state index in [-0.39, 0.29) is 12.5 Å². The van der Waals surface area contributed by atoms with Crippen molar-refractivity contribution in [2.24, 2.45) is 0 Å². The molecule has 0 heterocycles. The Kier molecular flexibility index (Phi) is 6.52. The highest BCUT2D eigenvalue weighted by Crippen LogP contribution is 2.23. The van der Waals surface area contributed by atoms with E-state index in [1.54, 1.807) is 32.0 Å². The number of anilines is 1. The molecule has 1 amide bonds. The summed E-state index contributed by atoms with van der Waals surface area (Å²) < 4.78 is 10.2. The maximum Gasteiger partial charge on any atom is 0.325 e. The Balaban J connectivity index is 2.85. The minimum atomic E-state index is -0.424. The predicted octanol–water partition coefficient (Wildman–Crippen LogP) is 1.69. The van der Waals surface area contributed by atoms with Crippen LogP contribution in [0.3, 0.4) is 0 Å². The number of nitrogens with zero attached hydrogens (tertiary/aromatic N) is 1. The van der Waals surface area contributed by atoms with Crippen LogP contribution in [-0.2, 0) is 9.53 Å². The monoisotopic (exact) mass is 294 g/mol. The van der Waals surface area contributed by atoms with Crippen molar-refractivity contribution >= 4 is 17.6 Å². The zero-order chi connectivity index (χ0) is 15.8. The number of amides is 1. The molecule has 6 nitrogen and oxygen atoms in total. The summed E-state index contributed by atoms with van der Waals surface area (Å²) in [5.41, 5.74) is 6.67. The van der Waals surface area contributed by atoms with Gasteiger partial charge in [-0.1, -0.05) is 0 Å². The molecule has 0 aliphatic heterocycles. The van der Waals surface area contributed by atoms with Crippen molar-refractivity contribution < 1.29 is 19.1 Å². The number of carbonyl (C=O) groups excluding carboxylic acids is 2. The van der Waals surface area contributed by atoms with Gasteiger partial charge in [0.1, 0.15) is 12.3 Å². The Hall–Kier alpha value is -2.24. The smallest absolute Gasteiger partial charge is 0.325 e. The molecule has 0 spiro atoms.